The summed E-state index contributed by atoms with van der Waals surface area (Å²) in [5.74, 6) is 0. The molecule has 0 spiro atoms. The SMILES string of the molecule is Cc1cc(-c2cnc3[nH]cc(I)c3c2Cl)cc(C)c1N1CCN(C)CC1. The predicted octanol–water partition coefficient (Wildman–Crippen LogP) is 4.86. The van der Waals surface area contributed by atoms with E-state index >= 15 is 0 Å². The number of H-pyrrole nitrogens is 1. The first-order valence-corrected chi connectivity index (χ1v) is 10.3. The van der Waals surface area contributed by atoms with Gasteiger partial charge in [-0.25, -0.2) is 4.98 Å². The summed E-state index contributed by atoms with van der Waals surface area (Å²) < 4.78 is 1.10. The van der Waals surface area contributed by atoms with Crippen molar-refractivity contribution >= 4 is 50.9 Å². The Morgan fingerprint density at radius 3 is 2.42 bits per heavy atom. The summed E-state index contributed by atoms with van der Waals surface area (Å²) in [6.07, 6.45) is 3.82. The third-order valence-electron chi connectivity index (χ3n) is 5.21. The van der Waals surface area contributed by atoms with Gasteiger partial charge in [-0.15, -0.1) is 0 Å². The van der Waals surface area contributed by atoms with E-state index in [1.165, 1.54) is 16.8 Å². The van der Waals surface area contributed by atoms with Crippen molar-refractivity contribution in [2.24, 2.45) is 0 Å². The Bertz CT molecular complexity index is 950. The molecule has 136 valence electrons. The van der Waals surface area contributed by atoms with E-state index in [0.717, 1.165) is 56.9 Å². The second-order valence-corrected chi connectivity index (χ2v) is 8.64. The first-order valence-electron chi connectivity index (χ1n) is 8.82. The third kappa shape index (κ3) is 3.10. The minimum Gasteiger partial charge on any atom is -0.369 e. The average molecular weight is 481 g/mol. The zero-order valence-electron chi connectivity index (χ0n) is 15.2. The fourth-order valence-corrected chi connectivity index (χ4v) is 5.05. The maximum atomic E-state index is 6.75. The number of fused-ring (bicyclic) bond motifs is 1. The first kappa shape index (κ1) is 18.1. The number of hydrogen-bond donors (Lipinski definition) is 1. The molecule has 0 amide bonds. The van der Waals surface area contributed by atoms with Gasteiger partial charge in [0, 0.05) is 53.4 Å². The number of likely N-dealkylation sites (N-methyl/N-ethyl adjacent to an activating group) is 1. The van der Waals surface area contributed by atoms with Crippen LogP contribution in [0.3, 0.4) is 0 Å². The molecule has 1 saturated heterocycles. The van der Waals surface area contributed by atoms with Gasteiger partial charge in [0.05, 0.1) is 10.4 Å². The molecule has 6 heteroatoms. The largest absolute Gasteiger partial charge is 0.369 e. The number of hydrogen-bond acceptors (Lipinski definition) is 3. The number of nitrogens with zero attached hydrogens (tertiary/aromatic N) is 3. The third-order valence-corrected chi connectivity index (χ3v) is 6.45. The van der Waals surface area contributed by atoms with Crippen molar-refractivity contribution in [1.29, 1.82) is 0 Å². The number of piperazine rings is 1. The van der Waals surface area contributed by atoms with Crippen molar-refractivity contribution in [3.8, 4) is 11.1 Å². The van der Waals surface area contributed by atoms with Gasteiger partial charge in [0.2, 0.25) is 0 Å². The number of aromatic amines is 1. The van der Waals surface area contributed by atoms with Crippen LogP contribution in [0.15, 0.2) is 24.5 Å². The van der Waals surface area contributed by atoms with Crippen LogP contribution in [0.5, 0.6) is 0 Å². The van der Waals surface area contributed by atoms with Gasteiger partial charge in [-0.1, -0.05) is 11.6 Å². The molecule has 1 aliphatic rings. The summed E-state index contributed by atoms with van der Waals surface area (Å²) in [5, 5.41) is 1.77. The summed E-state index contributed by atoms with van der Waals surface area (Å²) >= 11 is 9.05. The summed E-state index contributed by atoms with van der Waals surface area (Å²) in [4.78, 5) is 12.6. The van der Waals surface area contributed by atoms with Crippen LogP contribution in [0.2, 0.25) is 5.02 Å². The van der Waals surface area contributed by atoms with Crippen LogP contribution in [0, 0.1) is 17.4 Å². The molecule has 0 atom stereocenters. The van der Waals surface area contributed by atoms with Crippen molar-refractivity contribution in [3.05, 3.63) is 44.2 Å². The molecule has 0 unspecified atom stereocenters. The smallest absolute Gasteiger partial charge is 0.139 e. The summed E-state index contributed by atoms with van der Waals surface area (Å²) in [7, 11) is 2.19. The molecule has 1 aromatic carbocycles. The molecular formula is C20H22ClIN4. The number of aromatic nitrogens is 2. The van der Waals surface area contributed by atoms with E-state index in [2.05, 4.69) is 75.4 Å². The highest BCUT2D eigenvalue weighted by atomic mass is 127. The molecule has 1 fully saturated rings. The van der Waals surface area contributed by atoms with Gasteiger partial charge in [0.1, 0.15) is 5.65 Å². The zero-order valence-corrected chi connectivity index (χ0v) is 18.1. The van der Waals surface area contributed by atoms with Gasteiger partial charge in [-0.2, -0.15) is 0 Å². The van der Waals surface area contributed by atoms with E-state index in [-0.39, 0.29) is 0 Å². The fraction of sp³-hybridized carbons (Fsp3) is 0.350. The Morgan fingerprint density at radius 2 is 1.77 bits per heavy atom. The van der Waals surface area contributed by atoms with Crippen LogP contribution in [0.25, 0.3) is 22.2 Å². The Hall–Kier alpha value is -1.31. The number of anilines is 1. The van der Waals surface area contributed by atoms with Crippen LogP contribution in [-0.2, 0) is 0 Å². The lowest BCUT2D eigenvalue weighted by molar-refractivity contribution is 0.312. The van der Waals surface area contributed by atoms with Gasteiger partial charge in [0.25, 0.3) is 0 Å². The highest BCUT2D eigenvalue weighted by Gasteiger charge is 2.20. The summed E-state index contributed by atoms with van der Waals surface area (Å²) in [6, 6.07) is 4.49. The topological polar surface area (TPSA) is 35.2 Å². The maximum Gasteiger partial charge on any atom is 0.139 e. The molecular weight excluding hydrogens is 459 g/mol. The van der Waals surface area contributed by atoms with Gasteiger partial charge >= 0.3 is 0 Å². The molecule has 2 aromatic heterocycles. The molecule has 4 rings (SSSR count). The zero-order chi connectivity index (χ0) is 18.4. The van der Waals surface area contributed by atoms with Crippen molar-refractivity contribution in [2.45, 2.75) is 13.8 Å². The molecule has 4 nitrogen and oxygen atoms in total. The Balaban J connectivity index is 1.77. The number of aryl methyl sites for hydroxylation is 2. The van der Waals surface area contributed by atoms with E-state index in [1.54, 1.807) is 0 Å². The van der Waals surface area contributed by atoms with Crippen LogP contribution in [0.1, 0.15) is 11.1 Å². The normalized spacial score (nSPS) is 15.8. The maximum absolute atomic E-state index is 6.75. The Labute approximate surface area is 172 Å². The minimum absolute atomic E-state index is 0.770. The summed E-state index contributed by atoms with van der Waals surface area (Å²) in [5.41, 5.74) is 6.92. The van der Waals surface area contributed by atoms with E-state index in [9.17, 15) is 0 Å². The monoisotopic (exact) mass is 480 g/mol. The minimum atomic E-state index is 0.770. The van der Waals surface area contributed by atoms with Gasteiger partial charge in [-0.3, -0.25) is 0 Å². The Kier molecular flexibility index (Phi) is 4.88. The van der Waals surface area contributed by atoms with Crippen molar-refractivity contribution in [3.63, 3.8) is 0 Å². The fourth-order valence-electron chi connectivity index (χ4n) is 3.86. The molecule has 1 N–H and O–H groups in total. The van der Waals surface area contributed by atoms with Crippen molar-refractivity contribution in [1.82, 2.24) is 14.9 Å². The quantitative estimate of drug-likeness (QED) is 0.532. The van der Waals surface area contributed by atoms with Gasteiger partial charge in [0.15, 0.2) is 0 Å². The molecule has 26 heavy (non-hydrogen) atoms. The molecule has 1 aliphatic heterocycles. The molecule has 3 aromatic rings. The molecule has 0 saturated carbocycles. The molecule has 0 aliphatic carbocycles. The van der Waals surface area contributed by atoms with Crippen LogP contribution >= 0.6 is 34.2 Å². The predicted molar refractivity (Wildman–Crippen MR) is 118 cm³/mol. The van der Waals surface area contributed by atoms with E-state index < -0.39 is 0 Å². The van der Waals surface area contributed by atoms with Crippen LogP contribution in [-0.4, -0.2) is 48.1 Å². The average Bonchev–Trinajstić information content (AvgIpc) is 2.98. The Morgan fingerprint density at radius 1 is 1.12 bits per heavy atom. The second-order valence-electron chi connectivity index (χ2n) is 7.10. The first-order chi connectivity index (χ1) is 12.5. The molecule has 0 radical (unpaired) electrons. The second kappa shape index (κ2) is 7.02. The highest BCUT2D eigenvalue weighted by Crippen LogP contribution is 2.38. The highest BCUT2D eigenvalue weighted by molar-refractivity contribution is 14.1. The van der Waals surface area contributed by atoms with Crippen LogP contribution in [0.4, 0.5) is 5.69 Å². The standard InChI is InChI=1S/C20H22ClIN4/c1-12-8-14(9-13(2)19(12)26-6-4-25(3)5-7-26)15-10-23-20-17(18(15)21)16(22)11-24-20/h8-11H,4-7H2,1-3H3,(H,23,24). The van der Waals surface area contributed by atoms with Crippen molar-refractivity contribution < 1.29 is 0 Å². The van der Waals surface area contributed by atoms with E-state index in [1.807, 2.05) is 12.4 Å². The number of pyridine rings is 1. The molecule has 3 heterocycles. The van der Waals surface area contributed by atoms with Crippen LogP contribution < -0.4 is 4.90 Å². The lowest BCUT2D eigenvalue weighted by Crippen LogP contribution is -2.45. The lowest BCUT2D eigenvalue weighted by atomic mass is 9.98. The number of benzene rings is 1. The lowest BCUT2D eigenvalue weighted by Gasteiger charge is -2.36. The van der Waals surface area contributed by atoms with Gasteiger partial charge < -0.3 is 14.8 Å². The number of halogens is 2. The van der Waals surface area contributed by atoms with E-state index in [0.29, 0.717) is 0 Å². The van der Waals surface area contributed by atoms with E-state index in [4.69, 9.17) is 11.6 Å². The summed E-state index contributed by atoms with van der Waals surface area (Å²) in [6.45, 7) is 8.77. The molecule has 0 bridgehead atoms. The van der Waals surface area contributed by atoms with Crippen molar-refractivity contribution in [2.75, 3.05) is 38.1 Å². The van der Waals surface area contributed by atoms with Gasteiger partial charge in [-0.05, 0) is 72.3 Å². The number of rotatable bonds is 2. The number of nitrogens with one attached hydrogen (secondary N) is 1.